The van der Waals surface area contributed by atoms with Crippen molar-refractivity contribution < 1.29 is 23.5 Å². The first-order chi connectivity index (χ1) is 12.4. The number of benzene rings is 2. The Bertz CT molecular complexity index is 801. The monoisotopic (exact) mass is 380 g/mol. The van der Waals surface area contributed by atoms with Crippen molar-refractivity contribution in [3.05, 3.63) is 58.9 Å². The third-order valence-electron chi connectivity index (χ3n) is 3.28. The first kappa shape index (κ1) is 19.5. The summed E-state index contributed by atoms with van der Waals surface area (Å²) in [5, 5.41) is 0.374. The van der Waals surface area contributed by atoms with Crippen LogP contribution in [0.5, 0.6) is 11.5 Å². The molecule has 0 heterocycles. The Morgan fingerprint density at radius 1 is 1.15 bits per heavy atom. The average molecular weight is 381 g/mol. The number of amides is 2. The quantitative estimate of drug-likeness (QED) is 0.755. The van der Waals surface area contributed by atoms with E-state index in [2.05, 4.69) is 10.9 Å². The molecule has 6 nitrogen and oxygen atoms in total. The van der Waals surface area contributed by atoms with Crippen LogP contribution < -0.4 is 20.3 Å². The third kappa shape index (κ3) is 5.63. The van der Waals surface area contributed by atoms with E-state index < -0.39 is 23.7 Å². The molecule has 2 aromatic carbocycles. The lowest BCUT2D eigenvalue weighted by molar-refractivity contribution is -0.133. The second kappa shape index (κ2) is 9.05. The van der Waals surface area contributed by atoms with E-state index in [0.717, 1.165) is 5.56 Å². The van der Waals surface area contributed by atoms with Crippen molar-refractivity contribution in [1.82, 2.24) is 10.9 Å². The molecule has 0 aliphatic carbocycles. The zero-order valence-electron chi connectivity index (χ0n) is 14.2. The molecule has 26 heavy (non-hydrogen) atoms. The molecule has 0 spiro atoms. The minimum absolute atomic E-state index is 0.0566. The van der Waals surface area contributed by atoms with Crippen molar-refractivity contribution >= 4 is 23.4 Å². The summed E-state index contributed by atoms with van der Waals surface area (Å²) in [6, 6.07) is 10.9. The van der Waals surface area contributed by atoms with Gasteiger partial charge in [-0.3, -0.25) is 20.4 Å². The number of carbonyl (C=O) groups is 2. The topological polar surface area (TPSA) is 76.7 Å². The van der Waals surface area contributed by atoms with Gasteiger partial charge in [0.05, 0.1) is 5.02 Å². The summed E-state index contributed by atoms with van der Waals surface area (Å²) < 4.78 is 24.0. The molecule has 0 bridgehead atoms. The number of nitrogens with one attached hydrogen (secondary N) is 2. The lowest BCUT2D eigenvalue weighted by Crippen LogP contribution is -2.48. The minimum atomic E-state index is -1.01. The summed E-state index contributed by atoms with van der Waals surface area (Å²) in [4.78, 5) is 23.7. The molecule has 2 amide bonds. The van der Waals surface area contributed by atoms with Crippen LogP contribution in [0.15, 0.2) is 42.5 Å². The second-order valence-electron chi connectivity index (χ2n) is 5.45. The highest BCUT2D eigenvalue weighted by atomic mass is 35.5. The Labute approximate surface area is 155 Å². The summed E-state index contributed by atoms with van der Waals surface area (Å²) in [5.41, 5.74) is 5.30. The predicted octanol–water partition coefficient (Wildman–Crippen LogP) is 2.78. The largest absolute Gasteiger partial charge is 0.482 e. The van der Waals surface area contributed by atoms with Gasteiger partial charge in [-0.05, 0) is 43.7 Å². The van der Waals surface area contributed by atoms with Crippen molar-refractivity contribution in [1.29, 1.82) is 0 Å². The van der Waals surface area contributed by atoms with Gasteiger partial charge in [-0.25, -0.2) is 4.39 Å². The van der Waals surface area contributed by atoms with Gasteiger partial charge in [-0.2, -0.15) is 0 Å². The molecule has 0 aliphatic heterocycles. The van der Waals surface area contributed by atoms with Crippen LogP contribution >= 0.6 is 11.6 Å². The van der Waals surface area contributed by atoms with E-state index in [4.69, 9.17) is 21.1 Å². The maximum absolute atomic E-state index is 13.5. The number of rotatable bonds is 6. The average Bonchev–Trinajstić information content (AvgIpc) is 2.62. The van der Waals surface area contributed by atoms with E-state index in [-0.39, 0.29) is 12.4 Å². The fourth-order valence-electron chi connectivity index (χ4n) is 1.92. The third-order valence-corrected chi connectivity index (χ3v) is 3.59. The Kier molecular flexibility index (Phi) is 6.80. The van der Waals surface area contributed by atoms with Crippen LogP contribution in [-0.2, 0) is 9.59 Å². The van der Waals surface area contributed by atoms with E-state index >= 15 is 0 Å². The van der Waals surface area contributed by atoms with Gasteiger partial charge in [0.25, 0.3) is 11.8 Å². The number of hydrazine groups is 1. The molecule has 0 fully saturated rings. The van der Waals surface area contributed by atoms with Crippen LogP contribution in [-0.4, -0.2) is 24.5 Å². The van der Waals surface area contributed by atoms with Crippen molar-refractivity contribution in [2.75, 3.05) is 6.61 Å². The van der Waals surface area contributed by atoms with E-state index in [0.29, 0.717) is 10.8 Å². The maximum atomic E-state index is 13.5. The summed E-state index contributed by atoms with van der Waals surface area (Å²) in [5.74, 6) is -1.51. The molecule has 2 rings (SSSR count). The molecule has 0 saturated heterocycles. The van der Waals surface area contributed by atoms with Gasteiger partial charge in [-0.15, -0.1) is 0 Å². The standard InChI is InChI=1S/C18H18ClFN2O4/c1-11-7-8-13(19)16(9-11)25-10-17(23)21-22-18(24)12(2)26-15-6-4-3-5-14(15)20/h3-9,12H,10H2,1-2H3,(H,21,23)(H,22,24)/t12-/m1/s1. The predicted molar refractivity (Wildman–Crippen MR) is 94.5 cm³/mol. The summed E-state index contributed by atoms with van der Waals surface area (Å²) in [7, 11) is 0. The fraction of sp³-hybridized carbons (Fsp3) is 0.222. The number of ether oxygens (including phenoxy) is 2. The lowest BCUT2D eigenvalue weighted by atomic mass is 10.2. The van der Waals surface area contributed by atoms with Gasteiger partial charge in [0, 0.05) is 0 Å². The van der Waals surface area contributed by atoms with Gasteiger partial charge < -0.3 is 9.47 Å². The highest BCUT2D eigenvalue weighted by Gasteiger charge is 2.17. The molecular formula is C18H18ClFN2O4. The molecule has 2 aromatic rings. The van der Waals surface area contributed by atoms with E-state index in [1.54, 1.807) is 18.2 Å². The van der Waals surface area contributed by atoms with Gasteiger partial charge >= 0.3 is 0 Å². The normalized spacial score (nSPS) is 11.4. The molecule has 0 saturated carbocycles. The Morgan fingerprint density at radius 3 is 2.62 bits per heavy atom. The smallest absolute Gasteiger partial charge is 0.279 e. The molecule has 8 heteroatoms. The Morgan fingerprint density at radius 2 is 1.88 bits per heavy atom. The molecule has 0 unspecified atom stereocenters. The number of hydrogen-bond donors (Lipinski definition) is 2. The number of para-hydroxylation sites is 1. The summed E-state index contributed by atoms with van der Waals surface area (Å²) in [6.45, 7) is 2.95. The van der Waals surface area contributed by atoms with Crippen molar-refractivity contribution in [3.8, 4) is 11.5 Å². The maximum Gasteiger partial charge on any atom is 0.279 e. The SMILES string of the molecule is Cc1ccc(Cl)c(OCC(=O)NNC(=O)[C@@H](C)Oc2ccccc2F)c1. The molecular weight excluding hydrogens is 363 g/mol. The summed E-state index contributed by atoms with van der Waals surface area (Å²) in [6.07, 6.45) is -1.01. The van der Waals surface area contributed by atoms with Crippen molar-refractivity contribution in [2.24, 2.45) is 0 Å². The van der Waals surface area contributed by atoms with Crippen LogP contribution in [0.25, 0.3) is 0 Å². The highest BCUT2D eigenvalue weighted by Crippen LogP contribution is 2.25. The molecule has 0 aliphatic rings. The number of carbonyl (C=O) groups excluding carboxylic acids is 2. The lowest BCUT2D eigenvalue weighted by Gasteiger charge is -2.15. The highest BCUT2D eigenvalue weighted by molar-refractivity contribution is 6.32. The molecule has 0 aromatic heterocycles. The minimum Gasteiger partial charge on any atom is -0.482 e. The van der Waals surface area contributed by atoms with Gasteiger partial charge in [0.15, 0.2) is 24.3 Å². The van der Waals surface area contributed by atoms with Gasteiger partial charge in [0.2, 0.25) is 0 Å². The van der Waals surface area contributed by atoms with E-state index in [1.807, 2.05) is 13.0 Å². The van der Waals surface area contributed by atoms with Crippen molar-refractivity contribution in [2.45, 2.75) is 20.0 Å². The van der Waals surface area contributed by atoms with Crippen LogP contribution in [0, 0.1) is 12.7 Å². The number of aryl methyl sites for hydroxylation is 1. The molecule has 0 radical (unpaired) electrons. The zero-order chi connectivity index (χ0) is 19.1. The fourth-order valence-corrected chi connectivity index (χ4v) is 2.09. The van der Waals surface area contributed by atoms with Crippen LogP contribution in [0.3, 0.4) is 0 Å². The van der Waals surface area contributed by atoms with E-state index in [1.165, 1.54) is 25.1 Å². The number of hydrogen-bond acceptors (Lipinski definition) is 4. The molecule has 1 atom stereocenters. The second-order valence-corrected chi connectivity index (χ2v) is 5.86. The molecule has 2 N–H and O–H groups in total. The molecule has 138 valence electrons. The number of halogens is 2. The van der Waals surface area contributed by atoms with Crippen molar-refractivity contribution in [3.63, 3.8) is 0 Å². The first-order valence-electron chi connectivity index (χ1n) is 7.75. The Balaban J connectivity index is 1.78. The Hall–Kier alpha value is -2.80. The summed E-state index contributed by atoms with van der Waals surface area (Å²) >= 11 is 5.96. The van der Waals surface area contributed by atoms with Crippen LogP contribution in [0.1, 0.15) is 12.5 Å². The van der Waals surface area contributed by atoms with Crippen LogP contribution in [0.4, 0.5) is 4.39 Å². The van der Waals surface area contributed by atoms with E-state index in [9.17, 15) is 14.0 Å². The zero-order valence-corrected chi connectivity index (χ0v) is 15.0. The van der Waals surface area contributed by atoms with Gasteiger partial charge in [0.1, 0.15) is 5.75 Å². The van der Waals surface area contributed by atoms with Crippen LogP contribution in [0.2, 0.25) is 5.02 Å². The van der Waals surface area contributed by atoms with Gasteiger partial charge in [-0.1, -0.05) is 29.8 Å². The first-order valence-corrected chi connectivity index (χ1v) is 8.13.